The number of Topliss-reactive ketones (excluding diaryl/α,β-unsaturated/α-hetero) is 1. The van der Waals surface area contributed by atoms with Gasteiger partial charge in [0, 0.05) is 63.9 Å². The monoisotopic (exact) mass is 472 g/mol. The summed E-state index contributed by atoms with van der Waals surface area (Å²) in [6.45, 7) is 3.59. The third-order valence-corrected chi connectivity index (χ3v) is 7.26. The van der Waals surface area contributed by atoms with Gasteiger partial charge in [0.05, 0.1) is 5.52 Å². The summed E-state index contributed by atoms with van der Waals surface area (Å²) in [4.78, 5) is 18.3. The largest absolute Gasteiger partial charge is 0.472 e. The maximum atomic E-state index is 12.7. The molecule has 0 saturated heterocycles. The summed E-state index contributed by atoms with van der Waals surface area (Å²) in [6, 6.07) is 27.1. The first kappa shape index (κ1) is 22.2. The summed E-state index contributed by atoms with van der Waals surface area (Å²) >= 11 is 0. The molecule has 5 aromatic rings. The summed E-state index contributed by atoms with van der Waals surface area (Å²) in [5.41, 5.74) is 5.93. The first-order valence-corrected chi connectivity index (χ1v) is 12.2. The van der Waals surface area contributed by atoms with Crippen molar-refractivity contribution in [3.05, 3.63) is 113 Å². The molecule has 1 aliphatic heterocycles. The second-order valence-corrected chi connectivity index (χ2v) is 9.70. The fourth-order valence-electron chi connectivity index (χ4n) is 5.53. The molecule has 0 aliphatic carbocycles. The van der Waals surface area contributed by atoms with Gasteiger partial charge in [-0.25, -0.2) is 0 Å². The number of ketones is 1. The van der Waals surface area contributed by atoms with Crippen molar-refractivity contribution in [1.29, 1.82) is 0 Å². The third kappa shape index (κ3) is 3.18. The highest BCUT2D eigenvalue weighted by Crippen LogP contribution is 2.49. The Morgan fingerprint density at radius 2 is 1.50 bits per heavy atom. The predicted octanol–water partition coefficient (Wildman–Crippen LogP) is 7.25. The molecular weight excluding hydrogens is 444 g/mol. The molecule has 0 spiro atoms. The Balaban J connectivity index is 1.68. The number of carbonyl (C=O) groups excluding carboxylic acids is 1. The van der Waals surface area contributed by atoms with Crippen molar-refractivity contribution < 1.29 is 9.53 Å². The number of aromatic nitrogens is 1. The van der Waals surface area contributed by atoms with Crippen molar-refractivity contribution in [3.8, 4) is 5.75 Å². The topological polar surface area (TPSA) is 45.3 Å². The number of anilines is 1. The molecule has 4 heteroatoms. The molecule has 0 amide bonds. The summed E-state index contributed by atoms with van der Waals surface area (Å²) in [5, 5.41) is 2.99. The number of ether oxygens (including phenoxy) is 1. The highest BCUT2D eigenvalue weighted by Gasteiger charge is 2.39. The standard InChI is InChI=1S/C32H28N2O2/c1-20-28(21(2)35)29-27-18-19-32(22-10-6-5-7-11-22,23-14-16-24(17-15-23)34(3)4)36-31(27)26-13-9-8-12-25(26)30(29)33-20/h5-19,33H,1-4H3. The van der Waals surface area contributed by atoms with E-state index in [-0.39, 0.29) is 5.78 Å². The normalized spacial score (nSPS) is 16.7. The number of aromatic amines is 1. The summed E-state index contributed by atoms with van der Waals surface area (Å²) in [6.07, 6.45) is 4.27. The van der Waals surface area contributed by atoms with Gasteiger partial charge in [0.1, 0.15) is 5.75 Å². The number of hydrogen-bond acceptors (Lipinski definition) is 3. The van der Waals surface area contributed by atoms with Crippen molar-refractivity contribution in [3.63, 3.8) is 0 Å². The van der Waals surface area contributed by atoms with Crippen LogP contribution in [0, 0.1) is 6.92 Å². The molecule has 178 valence electrons. The molecule has 0 radical (unpaired) electrons. The zero-order valence-corrected chi connectivity index (χ0v) is 20.9. The van der Waals surface area contributed by atoms with Crippen LogP contribution in [0.3, 0.4) is 0 Å². The zero-order chi connectivity index (χ0) is 25.0. The number of fused-ring (bicyclic) bond motifs is 6. The van der Waals surface area contributed by atoms with Gasteiger partial charge in [-0.05, 0) is 38.1 Å². The fraction of sp³-hybridized carbons (Fsp3) is 0.156. The minimum atomic E-state index is -0.808. The van der Waals surface area contributed by atoms with Crippen LogP contribution in [-0.4, -0.2) is 24.9 Å². The van der Waals surface area contributed by atoms with Gasteiger partial charge in [0.2, 0.25) is 0 Å². The van der Waals surface area contributed by atoms with Crippen LogP contribution in [0.4, 0.5) is 5.69 Å². The van der Waals surface area contributed by atoms with Gasteiger partial charge < -0.3 is 14.6 Å². The number of H-pyrrole nitrogens is 1. The average molecular weight is 473 g/mol. The van der Waals surface area contributed by atoms with E-state index in [0.717, 1.165) is 61.1 Å². The van der Waals surface area contributed by atoms with Gasteiger partial charge in [-0.2, -0.15) is 0 Å². The van der Waals surface area contributed by atoms with Crippen LogP contribution < -0.4 is 9.64 Å². The smallest absolute Gasteiger partial charge is 0.178 e. The van der Waals surface area contributed by atoms with Crippen molar-refractivity contribution in [2.24, 2.45) is 0 Å². The van der Waals surface area contributed by atoms with Crippen LogP contribution in [0.5, 0.6) is 5.75 Å². The van der Waals surface area contributed by atoms with Gasteiger partial charge in [-0.3, -0.25) is 4.79 Å². The molecule has 2 heterocycles. The van der Waals surface area contributed by atoms with E-state index in [1.54, 1.807) is 6.92 Å². The molecule has 36 heavy (non-hydrogen) atoms. The molecule has 4 aromatic carbocycles. The lowest BCUT2D eigenvalue weighted by atomic mass is 9.82. The molecule has 0 bridgehead atoms. The number of carbonyl (C=O) groups is 1. The van der Waals surface area contributed by atoms with E-state index in [2.05, 4.69) is 70.6 Å². The van der Waals surface area contributed by atoms with E-state index in [9.17, 15) is 4.79 Å². The lowest BCUT2D eigenvalue weighted by molar-refractivity contribution is 0.101. The van der Waals surface area contributed by atoms with E-state index < -0.39 is 5.60 Å². The summed E-state index contributed by atoms with van der Waals surface area (Å²) in [5.74, 6) is 0.839. The van der Waals surface area contributed by atoms with Crippen LogP contribution in [0.15, 0.2) is 84.9 Å². The van der Waals surface area contributed by atoms with Crippen molar-refractivity contribution in [2.45, 2.75) is 19.4 Å². The molecule has 6 rings (SSSR count). The lowest BCUT2D eigenvalue weighted by Crippen LogP contribution is -2.34. The second-order valence-electron chi connectivity index (χ2n) is 9.70. The number of nitrogens with zero attached hydrogens (tertiary/aromatic N) is 1. The minimum absolute atomic E-state index is 0.0452. The van der Waals surface area contributed by atoms with Gasteiger partial charge in [0.25, 0.3) is 0 Å². The Morgan fingerprint density at radius 3 is 2.17 bits per heavy atom. The van der Waals surface area contributed by atoms with Crippen molar-refractivity contribution in [1.82, 2.24) is 4.98 Å². The molecule has 1 aromatic heterocycles. The molecule has 1 N–H and O–H groups in total. The number of hydrogen-bond donors (Lipinski definition) is 1. The number of benzene rings is 4. The number of nitrogens with one attached hydrogen (secondary N) is 1. The zero-order valence-electron chi connectivity index (χ0n) is 20.9. The van der Waals surface area contributed by atoms with Crippen LogP contribution >= 0.6 is 0 Å². The Morgan fingerprint density at radius 1 is 0.861 bits per heavy atom. The van der Waals surface area contributed by atoms with E-state index in [0.29, 0.717) is 0 Å². The van der Waals surface area contributed by atoms with E-state index in [1.807, 2.05) is 51.4 Å². The van der Waals surface area contributed by atoms with Crippen LogP contribution in [0.25, 0.3) is 27.8 Å². The van der Waals surface area contributed by atoms with Crippen molar-refractivity contribution >= 4 is 39.2 Å². The van der Waals surface area contributed by atoms with E-state index >= 15 is 0 Å². The number of aryl methyl sites for hydroxylation is 1. The fourth-order valence-corrected chi connectivity index (χ4v) is 5.53. The lowest BCUT2D eigenvalue weighted by Gasteiger charge is -2.37. The second kappa shape index (κ2) is 8.13. The third-order valence-electron chi connectivity index (χ3n) is 7.26. The minimum Gasteiger partial charge on any atom is -0.472 e. The average Bonchev–Trinajstić information content (AvgIpc) is 3.26. The van der Waals surface area contributed by atoms with Gasteiger partial charge in [0.15, 0.2) is 11.4 Å². The van der Waals surface area contributed by atoms with Crippen molar-refractivity contribution in [2.75, 3.05) is 19.0 Å². The number of rotatable bonds is 4. The van der Waals surface area contributed by atoms with Crippen LogP contribution in [0.2, 0.25) is 0 Å². The van der Waals surface area contributed by atoms with Crippen LogP contribution in [-0.2, 0) is 5.60 Å². The maximum Gasteiger partial charge on any atom is 0.178 e. The Kier molecular flexibility index (Phi) is 5.01. The molecule has 4 nitrogen and oxygen atoms in total. The molecule has 1 aliphatic rings. The quantitative estimate of drug-likeness (QED) is 0.280. The van der Waals surface area contributed by atoms with E-state index in [1.165, 1.54) is 0 Å². The first-order valence-electron chi connectivity index (χ1n) is 12.2. The van der Waals surface area contributed by atoms with Gasteiger partial charge >= 0.3 is 0 Å². The molecule has 0 saturated carbocycles. The Bertz CT molecular complexity index is 1660. The first-order chi connectivity index (χ1) is 17.4. The Hall–Kier alpha value is -4.31. The van der Waals surface area contributed by atoms with Crippen LogP contribution in [0.1, 0.15) is 39.7 Å². The highest BCUT2D eigenvalue weighted by molar-refractivity contribution is 6.20. The summed E-state index contributed by atoms with van der Waals surface area (Å²) in [7, 11) is 4.08. The maximum absolute atomic E-state index is 12.7. The molecule has 1 unspecified atom stereocenters. The van der Waals surface area contributed by atoms with E-state index in [4.69, 9.17) is 4.74 Å². The molecular formula is C32H28N2O2. The Labute approximate surface area is 210 Å². The predicted molar refractivity (Wildman–Crippen MR) is 148 cm³/mol. The molecule has 1 atom stereocenters. The van der Waals surface area contributed by atoms with Gasteiger partial charge in [-0.15, -0.1) is 0 Å². The highest BCUT2D eigenvalue weighted by atomic mass is 16.5. The molecule has 0 fully saturated rings. The summed E-state index contributed by atoms with van der Waals surface area (Å²) < 4.78 is 7.13. The SMILES string of the molecule is CC(=O)c1c(C)[nH]c2c1c1c(c3ccccc32)OC(c2ccccc2)(c2ccc(N(C)C)cc2)C=C1. The van der Waals surface area contributed by atoms with Gasteiger partial charge in [-0.1, -0.05) is 66.7 Å².